The van der Waals surface area contributed by atoms with Crippen LogP contribution in [0.15, 0.2) is 78.9 Å². The van der Waals surface area contributed by atoms with Crippen LogP contribution in [0.3, 0.4) is 0 Å². The molecule has 2 heteroatoms. The molecule has 3 aromatic carbocycles. The smallest absolute Gasteiger partial charge is 0.228 e. The summed E-state index contributed by atoms with van der Waals surface area (Å²) in [6.07, 6.45) is 0.378. The average molecular weight is 301 g/mol. The quantitative estimate of drug-likeness (QED) is 0.733. The van der Waals surface area contributed by atoms with E-state index >= 15 is 0 Å². The van der Waals surface area contributed by atoms with Crippen LogP contribution in [0.5, 0.6) is 0 Å². The van der Waals surface area contributed by atoms with E-state index in [0.717, 1.165) is 22.4 Å². The lowest BCUT2D eigenvalue weighted by Gasteiger charge is -2.11. The van der Waals surface area contributed by atoms with Gasteiger partial charge in [0.25, 0.3) is 0 Å². The normalized spacial score (nSPS) is 10.3. The molecule has 0 aliphatic rings. The molecule has 2 nitrogen and oxygen atoms in total. The molecular weight excluding hydrogens is 282 g/mol. The highest BCUT2D eigenvalue weighted by molar-refractivity contribution is 5.96. The van der Waals surface area contributed by atoms with Gasteiger partial charge < -0.3 is 5.32 Å². The third-order valence-corrected chi connectivity index (χ3v) is 3.77. The number of hydrogen-bond donors (Lipinski definition) is 1. The molecule has 0 atom stereocenters. The standard InChI is InChI=1S/C21H19NO/c1-16-11-13-17(14-12-16)15-21(23)22-20-10-6-5-9-19(20)18-7-3-2-4-8-18/h2-14H,15H2,1H3,(H,22,23). The van der Waals surface area contributed by atoms with Crippen LogP contribution in [0, 0.1) is 6.92 Å². The third-order valence-electron chi connectivity index (χ3n) is 3.77. The Morgan fingerprint density at radius 3 is 2.22 bits per heavy atom. The van der Waals surface area contributed by atoms with Crippen molar-refractivity contribution >= 4 is 11.6 Å². The molecule has 0 bridgehead atoms. The lowest BCUT2D eigenvalue weighted by molar-refractivity contribution is -0.115. The first kappa shape index (κ1) is 15.0. The van der Waals surface area contributed by atoms with Crippen molar-refractivity contribution in [1.82, 2.24) is 0 Å². The molecule has 0 aromatic heterocycles. The summed E-state index contributed by atoms with van der Waals surface area (Å²) < 4.78 is 0. The van der Waals surface area contributed by atoms with E-state index in [-0.39, 0.29) is 5.91 Å². The van der Waals surface area contributed by atoms with Gasteiger partial charge in [0.2, 0.25) is 5.91 Å². The summed E-state index contributed by atoms with van der Waals surface area (Å²) in [7, 11) is 0. The van der Waals surface area contributed by atoms with Gasteiger partial charge in [-0.15, -0.1) is 0 Å². The van der Waals surface area contributed by atoms with E-state index in [4.69, 9.17) is 0 Å². The highest BCUT2D eigenvalue weighted by atomic mass is 16.1. The predicted octanol–water partition coefficient (Wildman–Crippen LogP) is 4.84. The Hall–Kier alpha value is -2.87. The number of amides is 1. The third kappa shape index (κ3) is 3.86. The molecule has 1 N–H and O–H groups in total. The topological polar surface area (TPSA) is 29.1 Å². The van der Waals surface area contributed by atoms with E-state index in [1.165, 1.54) is 5.56 Å². The van der Waals surface area contributed by atoms with E-state index in [1.807, 2.05) is 85.8 Å². The lowest BCUT2D eigenvalue weighted by atomic mass is 10.0. The van der Waals surface area contributed by atoms with Crippen LogP contribution in [0.1, 0.15) is 11.1 Å². The van der Waals surface area contributed by atoms with Crippen molar-refractivity contribution in [3.05, 3.63) is 90.0 Å². The number of carbonyl (C=O) groups excluding carboxylic acids is 1. The molecule has 0 saturated carbocycles. The first-order chi connectivity index (χ1) is 11.2. The zero-order chi connectivity index (χ0) is 16.1. The van der Waals surface area contributed by atoms with Gasteiger partial charge in [0.15, 0.2) is 0 Å². The SMILES string of the molecule is Cc1ccc(CC(=O)Nc2ccccc2-c2ccccc2)cc1. The predicted molar refractivity (Wildman–Crippen MR) is 95.4 cm³/mol. The van der Waals surface area contributed by atoms with Crippen molar-refractivity contribution < 1.29 is 4.79 Å². The maximum atomic E-state index is 12.3. The van der Waals surface area contributed by atoms with Gasteiger partial charge in [-0.05, 0) is 24.1 Å². The summed E-state index contributed by atoms with van der Waals surface area (Å²) in [6.45, 7) is 2.04. The monoisotopic (exact) mass is 301 g/mol. The van der Waals surface area contributed by atoms with Gasteiger partial charge >= 0.3 is 0 Å². The van der Waals surface area contributed by atoms with Crippen molar-refractivity contribution in [3.8, 4) is 11.1 Å². The Kier molecular flexibility index (Phi) is 4.53. The number of para-hydroxylation sites is 1. The summed E-state index contributed by atoms with van der Waals surface area (Å²) in [5, 5.41) is 3.03. The molecule has 0 fully saturated rings. The average Bonchev–Trinajstić information content (AvgIpc) is 2.58. The fourth-order valence-electron chi connectivity index (χ4n) is 2.55. The number of aryl methyl sites for hydroxylation is 1. The Labute approximate surface area is 136 Å². The van der Waals surface area contributed by atoms with Gasteiger partial charge in [0.1, 0.15) is 0 Å². The second kappa shape index (κ2) is 6.93. The highest BCUT2D eigenvalue weighted by Crippen LogP contribution is 2.27. The van der Waals surface area contributed by atoms with E-state index < -0.39 is 0 Å². The Bertz CT molecular complexity index is 792. The highest BCUT2D eigenvalue weighted by Gasteiger charge is 2.08. The Morgan fingerprint density at radius 1 is 0.826 bits per heavy atom. The second-order valence-corrected chi connectivity index (χ2v) is 5.62. The Balaban J connectivity index is 1.78. The van der Waals surface area contributed by atoms with Crippen molar-refractivity contribution in [2.75, 3.05) is 5.32 Å². The molecular formula is C21H19NO. The van der Waals surface area contributed by atoms with E-state index in [9.17, 15) is 4.79 Å². The maximum Gasteiger partial charge on any atom is 0.228 e. The van der Waals surface area contributed by atoms with Crippen LogP contribution in [-0.2, 0) is 11.2 Å². The van der Waals surface area contributed by atoms with Crippen LogP contribution in [-0.4, -0.2) is 5.91 Å². The minimum atomic E-state index is -0.00256. The van der Waals surface area contributed by atoms with Gasteiger partial charge in [0, 0.05) is 11.3 Å². The molecule has 23 heavy (non-hydrogen) atoms. The number of hydrogen-bond acceptors (Lipinski definition) is 1. The van der Waals surface area contributed by atoms with Crippen LogP contribution >= 0.6 is 0 Å². The van der Waals surface area contributed by atoms with Gasteiger partial charge in [-0.2, -0.15) is 0 Å². The first-order valence-electron chi connectivity index (χ1n) is 7.72. The van der Waals surface area contributed by atoms with Gasteiger partial charge in [-0.1, -0.05) is 78.4 Å². The second-order valence-electron chi connectivity index (χ2n) is 5.62. The van der Waals surface area contributed by atoms with Crippen LogP contribution in [0.4, 0.5) is 5.69 Å². The fourth-order valence-corrected chi connectivity index (χ4v) is 2.55. The van der Waals surface area contributed by atoms with Crippen molar-refractivity contribution in [3.63, 3.8) is 0 Å². The van der Waals surface area contributed by atoms with Crippen molar-refractivity contribution in [2.45, 2.75) is 13.3 Å². The van der Waals surface area contributed by atoms with Gasteiger partial charge in [-0.3, -0.25) is 4.79 Å². The first-order valence-corrected chi connectivity index (χ1v) is 7.72. The lowest BCUT2D eigenvalue weighted by Crippen LogP contribution is -2.15. The summed E-state index contributed by atoms with van der Waals surface area (Å²) in [6, 6.07) is 26.0. The molecule has 0 radical (unpaired) electrons. The number of nitrogens with one attached hydrogen (secondary N) is 1. The molecule has 114 valence electrons. The number of carbonyl (C=O) groups is 1. The number of rotatable bonds is 4. The molecule has 3 rings (SSSR count). The fraction of sp³-hybridized carbons (Fsp3) is 0.0952. The zero-order valence-corrected chi connectivity index (χ0v) is 13.1. The number of benzene rings is 3. The summed E-state index contributed by atoms with van der Waals surface area (Å²) in [4.78, 5) is 12.3. The molecule has 0 spiro atoms. The van der Waals surface area contributed by atoms with Crippen molar-refractivity contribution in [2.24, 2.45) is 0 Å². The summed E-state index contributed by atoms with van der Waals surface area (Å²) in [5.74, 6) is -0.00256. The van der Waals surface area contributed by atoms with Crippen LogP contribution < -0.4 is 5.32 Å². The summed E-state index contributed by atoms with van der Waals surface area (Å²) >= 11 is 0. The molecule has 3 aromatic rings. The summed E-state index contributed by atoms with van der Waals surface area (Å²) in [5.41, 5.74) is 5.19. The molecule has 0 heterocycles. The molecule has 0 aliphatic carbocycles. The number of anilines is 1. The molecule has 0 saturated heterocycles. The molecule has 1 amide bonds. The van der Waals surface area contributed by atoms with E-state index in [2.05, 4.69) is 5.32 Å². The largest absolute Gasteiger partial charge is 0.325 e. The zero-order valence-electron chi connectivity index (χ0n) is 13.1. The van der Waals surface area contributed by atoms with Crippen molar-refractivity contribution in [1.29, 1.82) is 0 Å². The van der Waals surface area contributed by atoms with E-state index in [0.29, 0.717) is 6.42 Å². The van der Waals surface area contributed by atoms with Crippen LogP contribution in [0.2, 0.25) is 0 Å². The van der Waals surface area contributed by atoms with Crippen LogP contribution in [0.25, 0.3) is 11.1 Å². The molecule has 0 aliphatic heterocycles. The molecule has 0 unspecified atom stereocenters. The maximum absolute atomic E-state index is 12.3. The minimum absolute atomic E-state index is 0.00256. The van der Waals surface area contributed by atoms with E-state index in [1.54, 1.807) is 0 Å². The van der Waals surface area contributed by atoms with Gasteiger partial charge in [-0.25, -0.2) is 0 Å². The van der Waals surface area contributed by atoms with Gasteiger partial charge in [0.05, 0.1) is 6.42 Å². The Morgan fingerprint density at radius 2 is 1.48 bits per heavy atom. The minimum Gasteiger partial charge on any atom is -0.325 e.